The minimum absolute atomic E-state index is 0.00538. The molecule has 0 N–H and O–H groups in total. The van der Waals surface area contributed by atoms with Crippen molar-refractivity contribution < 1.29 is 28.1 Å². The van der Waals surface area contributed by atoms with E-state index >= 15 is 0 Å². The lowest BCUT2D eigenvalue weighted by Gasteiger charge is -2.52. The number of benzene rings is 3. The van der Waals surface area contributed by atoms with E-state index in [0.717, 1.165) is 55.2 Å². The Labute approximate surface area is 252 Å². The maximum absolute atomic E-state index is 14.8. The van der Waals surface area contributed by atoms with Gasteiger partial charge < -0.3 is 28.4 Å². The molecule has 8 rings (SSSR count). The van der Waals surface area contributed by atoms with Crippen molar-refractivity contribution in [1.82, 2.24) is 14.5 Å². The lowest BCUT2D eigenvalue weighted by atomic mass is 9.91. The molecule has 0 bridgehead atoms. The molecular formula is C32H30ClFN4O5. The normalized spacial score (nSPS) is 24.7. The molecule has 0 saturated carbocycles. The first-order chi connectivity index (χ1) is 21.0. The zero-order chi connectivity index (χ0) is 29.2. The van der Waals surface area contributed by atoms with E-state index in [-0.39, 0.29) is 30.8 Å². The molecule has 4 aromatic rings. The summed E-state index contributed by atoms with van der Waals surface area (Å²) in [5, 5.41) is 0.338. The summed E-state index contributed by atoms with van der Waals surface area (Å²) in [5.74, 6) is 1.45. The van der Waals surface area contributed by atoms with Gasteiger partial charge in [-0.15, -0.1) is 0 Å². The average Bonchev–Trinajstić information content (AvgIpc) is 3.36. The first-order valence-electron chi connectivity index (χ1n) is 14.6. The lowest BCUT2D eigenvalue weighted by molar-refractivity contribution is -0.107. The molecule has 43 heavy (non-hydrogen) atoms. The first-order valence-corrected chi connectivity index (χ1v) is 14.9. The van der Waals surface area contributed by atoms with E-state index in [1.54, 1.807) is 18.2 Å². The van der Waals surface area contributed by atoms with Gasteiger partial charge in [0.1, 0.15) is 18.2 Å². The lowest BCUT2D eigenvalue weighted by Crippen LogP contribution is -2.61. The maximum atomic E-state index is 14.8. The van der Waals surface area contributed by atoms with Crippen molar-refractivity contribution in [2.45, 2.75) is 37.3 Å². The molecule has 3 aromatic carbocycles. The summed E-state index contributed by atoms with van der Waals surface area (Å²) in [7, 11) is 1.39. The topological polar surface area (TPSA) is 78.3 Å². The Balaban J connectivity index is 1.14. The molecule has 0 radical (unpaired) electrons. The smallest absolute Gasteiger partial charge is 0.337 e. The van der Waals surface area contributed by atoms with Gasteiger partial charge in [-0.3, -0.25) is 4.90 Å². The molecule has 9 nitrogen and oxygen atoms in total. The average molecular weight is 605 g/mol. The van der Waals surface area contributed by atoms with Crippen molar-refractivity contribution in [3.8, 4) is 11.5 Å². The van der Waals surface area contributed by atoms with Crippen LogP contribution in [0.4, 0.5) is 10.1 Å². The van der Waals surface area contributed by atoms with Crippen molar-refractivity contribution in [3.05, 3.63) is 82.4 Å². The molecule has 222 valence electrons. The van der Waals surface area contributed by atoms with Gasteiger partial charge in [-0.25, -0.2) is 14.2 Å². The standard InChI is InChI=1S/C32H30ClFN4O5/c1-40-32(39)18-5-8-22-24(13-18)38-29(35-22)16-37-11-10-36(15-25(37)30(38)26-9-12-41-26)23-3-2-4-27-31(23)43-28(17-42-27)20-7-6-19(33)14-21(20)34/h2-8,13-14,25-26,28,30H,9-12,15-17H2,1H3/t25?,26?,28-,30?/m1/s1. The summed E-state index contributed by atoms with van der Waals surface area (Å²) in [6.07, 6.45) is 0.394. The molecule has 0 amide bonds. The Morgan fingerprint density at radius 2 is 2.02 bits per heavy atom. The number of piperazine rings is 1. The summed E-state index contributed by atoms with van der Waals surface area (Å²) >= 11 is 6.00. The first kappa shape index (κ1) is 26.7. The van der Waals surface area contributed by atoms with Gasteiger partial charge in [0.25, 0.3) is 0 Å². The monoisotopic (exact) mass is 604 g/mol. The number of esters is 1. The number of imidazole rings is 1. The maximum Gasteiger partial charge on any atom is 0.337 e. The Morgan fingerprint density at radius 3 is 2.81 bits per heavy atom. The summed E-state index contributed by atoms with van der Waals surface area (Å²) in [6.45, 7) is 3.96. The van der Waals surface area contributed by atoms with Crippen LogP contribution in [0, 0.1) is 5.82 Å². The van der Waals surface area contributed by atoms with Crippen LogP contribution in [0.3, 0.4) is 0 Å². The number of carbonyl (C=O) groups is 1. The molecule has 5 heterocycles. The van der Waals surface area contributed by atoms with E-state index in [4.69, 9.17) is 35.5 Å². The van der Waals surface area contributed by atoms with Crippen LogP contribution in [-0.4, -0.2) is 72.5 Å². The Hall–Kier alpha value is -3.86. The number of fused-ring (bicyclic) bond motifs is 5. The van der Waals surface area contributed by atoms with Gasteiger partial charge in [0.15, 0.2) is 17.6 Å². The molecule has 2 fully saturated rings. The van der Waals surface area contributed by atoms with Crippen LogP contribution in [0.1, 0.15) is 40.3 Å². The Bertz CT molecular complexity index is 1740. The zero-order valence-corrected chi connectivity index (χ0v) is 24.3. The zero-order valence-electron chi connectivity index (χ0n) is 23.5. The third-order valence-electron chi connectivity index (χ3n) is 9.13. The number of carbonyl (C=O) groups excluding carboxylic acids is 1. The second kappa shape index (κ2) is 10.4. The Kier molecular flexibility index (Phi) is 6.47. The number of para-hydroxylation sites is 1. The predicted molar refractivity (Wildman–Crippen MR) is 158 cm³/mol. The largest absolute Gasteiger partial charge is 0.485 e. The Morgan fingerprint density at radius 1 is 1.14 bits per heavy atom. The van der Waals surface area contributed by atoms with Gasteiger partial charge in [-0.05, 0) is 48.9 Å². The molecule has 0 spiro atoms. The number of ether oxygens (including phenoxy) is 4. The van der Waals surface area contributed by atoms with Gasteiger partial charge in [-0.1, -0.05) is 23.7 Å². The highest BCUT2D eigenvalue weighted by Gasteiger charge is 2.46. The van der Waals surface area contributed by atoms with E-state index in [2.05, 4.69) is 14.4 Å². The van der Waals surface area contributed by atoms with Crippen molar-refractivity contribution in [2.75, 3.05) is 44.9 Å². The molecular weight excluding hydrogens is 575 g/mol. The second-order valence-electron chi connectivity index (χ2n) is 11.5. The number of hydrogen-bond acceptors (Lipinski definition) is 8. The van der Waals surface area contributed by atoms with Crippen molar-refractivity contribution >= 4 is 34.3 Å². The molecule has 4 aliphatic heterocycles. The SMILES string of the molecule is COC(=O)c1ccc2nc3n(c2c1)C(C1CCO1)C1CN(c2cccc4c2O[C@@H](c2ccc(Cl)cc2F)CO4)CCN1C3. The number of methoxy groups -OCH3 is 1. The van der Waals surface area contributed by atoms with E-state index in [1.165, 1.54) is 13.2 Å². The summed E-state index contributed by atoms with van der Waals surface area (Å²) in [4.78, 5) is 22.2. The number of nitrogens with zero attached hydrogens (tertiary/aromatic N) is 4. The predicted octanol–water partition coefficient (Wildman–Crippen LogP) is 5.16. The third-order valence-corrected chi connectivity index (χ3v) is 9.36. The van der Waals surface area contributed by atoms with Crippen molar-refractivity contribution in [3.63, 3.8) is 0 Å². The van der Waals surface area contributed by atoms with Crippen LogP contribution < -0.4 is 14.4 Å². The fourth-order valence-corrected chi connectivity index (χ4v) is 7.11. The number of anilines is 1. The van der Waals surface area contributed by atoms with Crippen LogP contribution >= 0.6 is 11.6 Å². The van der Waals surface area contributed by atoms with Gasteiger partial charge in [-0.2, -0.15) is 0 Å². The highest BCUT2D eigenvalue weighted by molar-refractivity contribution is 6.30. The molecule has 4 aliphatic rings. The highest BCUT2D eigenvalue weighted by atomic mass is 35.5. The number of rotatable bonds is 4. The van der Waals surface area contributed by atoms with Crippen LogP contribution in [0.15, 0.2) is 54.6 Å². The summed E-state index contributed by atoms with van der Waals surface area (Å²) in [6, 6.07) is 16.2. The van der Waals surface area contributed by atoms with Crippen LogP contribution in [0.5, 0.6) is 11.5 Å². The fraction of sp³-hybridized carbons (Fsp3) is 0.375. The van der Waals surface area contributed by atoms with E-state index in [9.17, 15) is 9.18 Å². The second-order valence-corrected chi connectivity index (χ2v) is 11.9. The van der Waals surface area contributed by atoms with Gasteiger partial charge in [0.05, 0.1) is 54.1 Å². The number of aromatic nitrogens is 2. The summed E-state index contributed by atoms with van der Waals surface area (Å²) < 4.78 is 40.8. The van der Waals surface area contributed by atoms with Gasteiger partial charge >= 0.3 is 5.97 Å². The quantitative estimate of drug-likeness (QED) is 0.296. The van der Waals surface area contributed by atoms with E-state index in [0.29, 0.717) is 34.2 Å². The number of halogens is 2. The number of hydrogen-bond donors (Lipinski definition) is 0. The molecule has 3 unspecified atom stereocenters. The molecule has 4 atom stereocenters. The highest BCUT2D eigenvalue weighted by Crippen LogP contribution is 2.46. The molecule has 11 heteroatoms. The van der Waals surface area contributed by atoms with Crippen LogP contribution in [-0.2, 0) is 16.0 Å². The minimum Gasteiger partial charge on any atom is -0.485 e. The molecule has 2 saturated heterocycles. The summed E-state index contributed by atoms with van der Waals surface area (Å²) in [5.41, 5.74) is 3.59. The van der Waals surface area contributed by atoms with Crippen LogP contribution in [0.25, 0.3) is 11.0 Å². The van der Waals surface area contributed by atoms with Crippen LogP contribution in [0.2, 0.25) is 5.02 Å². The third kappa shape index (κ3) is 4.42. The molecule has 1 aromatic heterocycles. The fourth-order valence-electron chi connectivity index (χ4n) is 6.95. The van der Waals surface area contributed by atoms with Crippen molar-refractivity contribution in [2.24, 2.45) is 0 Å². The minimum atomic E-state index is -0.595. The van der Waals surface area contributed by atoms with Gasteiger partial charge in [0.2, 0.25) is 0 Å². The van der Waals surface area contributed by atoms with E-state index in [1.807, 2.05) is 30.3 Å². The van der Waals surface area contributed by atoms with E-state index < -0.39 is 11.9 Å². The van der Waals surface area contributed by atoms with Gasteiger partial charge in [0, 0.05) is 36.8 Å². The van der Waals surface area contributed by atoms with Crippen molar-refractivity contribution in [1.29, 1.82) is 0 Å². The molecule has 0 aliphatic carbocycles.